The fourth-order valence-electron chi connectivity index (χ4n) is 3.32. The van der Waals surface area contributed by atoms with Crippen LogP contribution in [0.5, 0.6) is 0 Å². The van der Waals surface area contributed by atoms with Crippen molar-refractivity contribution in [2.24, 2.45) is 0 Å². The topological polar surface area (TPSA) is 93.8 Å². The van der Waals surface area contributed by atoms with E-state index in [-0.39, 0.29) is 24.6 Å². The minimum Gasteiger partial charge on any atom is -0.400 e. The monoisotopic (exact) mass is 721 g/mol. The molecule has 0 saturated heterocycles. The lowest BCUT2D eigenvalue weighted by Gasteiger charge is -2.17. The van der Waals surface area contributed by atoms with Gasteiger partial charge in [-0.1, -0.05) is 128 Å². The Bertz CT molecular complexity index is 1290. The van der Waals surface area contributed by atoms with Crippen LogP contribution in [0.2, 0.25) is 0 Å². The zero-order valence-corrected chi connectivity index (χ0v) is 32.0. The van der Waals surface area contributed by atoms with E-state index in [0.29, 0.717) is 12.8 Å². The van der Waals surface area contributed by atoms with Crippen molar-refractivity contribution >= 4 is 55.8 Å². The first-order valence-corrected chi connectivity index (χ1v) is 19.8. The summed E-state index contributed by atoms with van der Waals surface area (Å²) in [5.74, 6) is 0. The molecule has 0 atom stereocenters. The summed E-state index contributed by atoms with van der Waals surface area (Å²) < 4.78 is 0.261. The summed E-state index contributed by atoms with van der Waals surface area (Å²) in [5, 5.41) is 34.6. The normalized spacial score (nSPS) is 10.1. The number of aliphatic hydroxyl groups excluding tert-OH is 4. The summed E-state index contributed by atoms with van der Waals surface area (Å²) in [5.41, 5.74) is 3.53. The van der Waals surface area contributed by atoms with Gasteiger partial charge in [-0.15, -0.1) is 12.6 Å². The molecule has 0 aliphatic carbocycles. The standard InChI is InChI=1S/C13H13NOS2.C12H18OS2.C8H10OS.C2H6.CH4O/c15-10-8-11-5-1-2-6-12(11)16-17-13-7-3-4-9-14-13;1-12(2,3)15-14-11-7-5-4-6-10(11)8-9-13;9-6-5-7-3-1-2-4-8(7)10;2*1-2/h1-7,9,15H,8,10H2;4-7,13H,8-9H2,1-3H3;1-4,9-10H,5-6H2;1-2H3;2H,1H3. The van der Waals surface area contributed by atoms with Gasteiger partial charge in [0.2, 0.25) is 0 Å². The van der Waals surface area contributed by atoms with Gasteiger partial charge in [-0.2, -0.15) is 0 Å². The van der Waals surface area contributed by atoms with E-state index in [2.05, 4.69) is 62.6 Å². The van der Waals surface area contributed by atoms with E-state index < -0.39 is 0 Å². The van der Waals surface area contributed by atoms with Gasteiger partial charge in [0.05, 0.1) is 0 Å². The Labute approximate surface area is 298 Å². The molecule has 0 unspecified atom stereocenters. The van der Waals surface area contributed by atoms with Crippen LogP contribution >= 0.6 is 55.8 Å². The second-order valence-electron chi connectivity index (χ2n) is 9.88. The first kappa shape index (κ1) is 44.4. The molecule has 1 aromatic heterocycles. The maximum absolute atomic E-state index is 9.00. The summed E-state index contributed by atoms with van der Waals surface area (Å²) >= 11 is 4.22. The van der Waals surface area contributed by atoms with Gasteiger partial charge in [-0.25, -0.2) is 4.98 Å². The van der Waals surface area contributed by atoms with Crippen LogP contribution in [0.3, 0.4) is 0 Å². The molecular formula is C36H51NO4S5. The number of nitrogens with zero attached hydrogens (tertiary/aromatic N) is 1. The quantitative estimate of drug-likeness (QED) is 0.0768. The first-order valence-electron chi connectivity index (χ1n) is 15.1. The smallest absolute Gasteiger partial charge is 0.107 e. The van der Waals surface area contributed by atoms with E-state index in [1.807, 2.05) is 91.4 Å². The lowest BCUT2D eigenvalue weighted by atomic mass is 10.2. The highest BCUT2D eigenvalue weighted by molar-refractivity contribution is 8.77. The molecule has 4 aromatic rings. The lowest BCUT2D eigenvalue weighted by Crippen LogP contribution is -2.04. The van der Waals surface area contributed by atoms with Gasteiger partial charge in [-0.3, -0.25) is 0 Å². The largest absolute Gasteiger partial charge is 0.400 e. The molecule has 0 amide bonds. The Morgan fingerprint density at radius 2 is 1.02 bits per heavy atom. The summed E-state index contributed by atoms with van der Waals surface area (Å²) in [4.78, 5) is 7.68. The summed E-state index contributed by atoms with van der Waals surface area (Å²) in [6.45, 7) is 11.2. The predicted molar refractivity (Wildman–Crippen MR) is 208 cm³/mol. The zero-order valence-electron chi connectivity index (χ0n) is 27.8. The third kappa shape index (κ3) is 20.6. The molecule has 0 radical (unpaired) electrons. The van der Waals surface area contributed by atoms with E-state index in [9.17, 15) is 0 Å². The minimum absolute atomic E-state index is 0.186. The number of aromatic nitrogens is 1. The van der Waals surface area contributed by atoms with E-state index in [1.165, 1.54) is 20.9 Å². The molecule has 3 aromatic carbocycles. The minimum atomic E-state index is 0.186. The number of pyridine rings is 1. The first-order chi connectivity index (χ1) is 22.3. The second-order valence-corrected chi connectivity index (χ2v) is 15.5. The van der Waals surface area contributed by atoms with Crippen molar-refractivity contribution < 1.29 is 20.4 Å². The van der Waals surface area contributed by atoms with Crippen LogP contribution in [0.25, 0.3) is 0 Å². The van der Waals surface area contributed by atoms with E-state index in [1.54, 1.807) is 38.6 Å². The van der Waals surface area contributed by atoms with Crippen LogP contribution in [0.1, 0.15) is 51.3 Å². The summed E-state index contributed by atoms with van der Waals surface area (Å²) in [6.07, 6.45) is 3.93. The molecule has 254 valence electrons. The molecule has 0 fully saturated rings. The lowest BCUT2D eigenvalue weighted by molar-refractivity contribution is 0.298. The van der Waals surface area contributed by atoms with E-state index in [4.69, 9.17) is 20.4 Å². The molecule has 0 aliphatic heterocycles. The number of aliphatic hydroxyl groups is 4. The van der Waals surface area contributed by atoms with Crippen molar-refractivity contribution in [1.82, 2.24) is 4.98 Å². The maximum atomic E-state index is 9.00. The van der Waals surface area contributed by atoms with E-state index >= 15 is 0 Å². The molecule has 0 spiro atoms. The highest BCUT2D eigenvalue weighted by Gasteiger charge is 2.13. The zero-order chi connectivity index (χ0) is 34.6. The number of rotatable bonds is 11. The third-order valence-corrected chi connectivity index (χ3v) is 11.6. The molecule has 5 nitrogen and oxygen atoms in total. The number of thiol groups is 1. The molecular weight excluding hydrogens is 671 g/mol. The van der Waals surface area contributed by atoms with E-state index in [0.717, 1.165) is 29.0 Å². The molecule has 0 aliphatic rings. The van der Waals surface area contributed by atoms with Crippen LogP contribution in [-0.4, -0.2) is 57.1 Å². The van der Waals surface area contributed by atoms with Crippen LogP contribution < -0.4 is 0 Å². The van der Waals surface area contributed by atoms with Crippen molar-refractivity contribution in [1.29, 1.82) is 0 Å². The van der Waals surface area contributed by atoms with Crippen molar-refractivity contribution in [2.45, 2.75) is 78.3 Å². The highest BCUT2D eigenvalue weighted by atomic mass is 33.1. The van der Waals surface area contributed by atoms with Gasteiger partial charge in [0.25, 0.3) is 0 Å². The van der Waals surface area contributed by atoms with Gasteiger partial charge in [0.1, 0.15) is 5.03 Å². The van der Waals surface area contributed by atoms with Crippen molar-refractivity contribution in [3.63, 3.8) is 0 Å². The average molecular weight is 722 g/mol. The summed E-state index contributed by atoms with van der Waals surface area (Å²) in [7, 11) is 7.98. The Kier molecular flexibility index (Phi) is 27.4. The average Bonchev–Trinajstić information content (AvgIpc) is 3.08. The predicted octanol–water partition coefficient (Wildman–Crippen LogP) is 9.32. The third-order valence-electron chi connectivity index (χ3n) is 5.32. The molecule has 0 saturated carbocycles. The molecule has 4 rings (SSSR count). The van der Waals surface area contributed by atoms with Crippen LogP contribution in [0.15, 0.2) is 117 Å². The second kappa shape index (κ2) is 28.4. The van der Waals surface area contributed by atoms with Crippen LogP contribution in [0.4, 0.5) is 0 Å². The number of hydrogen-bond donors (Lipinski definition) is 5. The van der Waals surface area contributed by atoms with Crippen molar-refractivity contribution in [3.05, 3.63) is 114 Å². The SMILES string of the molecule is CC.CC(C)(C)SSc1ccccc1CCO.CO.OCCc1ccccc1S.OCCc1ccccc1SSc1ccccn1. The van der Waals surface area contributed by atoms with Crippen molar-refractivity contribution in [3.8, 4) is 0 Å². The number of hydrogen-bond acceptors (Lipinski definition) is 10. The highest BCUT2D eigenvalue weighted by Crippen LogP contribution is 2.41. The Balaban J connectivity index is 0.000000643. The molecule has 1 heterocycles. The van der Waals surface area contributed by atoms with Crippen molar-refractivity contribution in [2.75, 3.05) is 26.9 Å². The van der Waals surface area contributed by atoms with Gasteiger partial charge in [-0.05, 0) is 77.1 Å². The van der Waals surface area contributed by atoms with Gasteiger partial charge in [0, 0.05) is 52.6 Å². The molecule has 0 bridgehead atoms. The maximum Gasteiger partial charge on any atom is 0.107 e. The van der Waals surface area contributed by atoms with Crippen LogP contribution in [-0.2, 0) is 19.3 Å². The van der Waals surface area contributed by atoms with Gasteiger partial charge < -0.3 is 20.4 Å². The van der Waals surface area contributed by atoms with Crippen LogP contribution in [0, 0.1) is 0 Å². The molecule has 46 heavy (non-hydrogen) atoms. The fourth-order valence-corrected chi connectivity index (χ4v) is 7.98. The van der Waals surface area contributed by atoms with Gasteiger partial charge >= 0.3 is 0 Å². The van der Waals surface area contributed by atoms with Gasteiger partial charge in [0.15, 0.2) is 0 Å². The number of benzene rings is 3. The fraction of sp³-hybridized carbons (Fsp3) is 0.361. The molecule has 10 heteroatoms. The summed E-state index contributed by atoms with van der Waals surface area (Å²) in [6, 6.07) is 30.1. The molecule has 4 N–H and O–H groups in total. The Morgan fingerprint density at radius 1 is 0.587 bits per heavy atom. The Hall–Kier alpha value is -1.60. The Morgan fingerprint density at radius 3 is 1.48 bits per heavy atom.